The number of carboxylic acids is 1. The quantitative estimate of drug-likeness (QED) is 0.773. The van der Waals surface area contributed by atoms with Crippen LogP contribution in [0.25, 0.3) is 0 Å². The van der Waals surface area contributed by atoms with Crippen molar-refractivity contribution >= 4 is 12.0 Å². The van der Waals surface area contributed by atoms with Crippen LogP contribution >= 0.6 is 0 Å². The number of amides is 2. The molecule has 0 radical (unpaired) electrons. The molecule has 1 aliphatic heterocycles. The average molecular weight is 258 g/mol. The van der Waals surface area contributed by atoms with Gasteiger partial charge in [0.1, 0.15) is 0 Å². The predicted molar refractivity (Wildman–Crippen MR) is 66.5 cm³/mol. The topological polar surface area (TPSA) is 78.9 Å². The minimum Gasteiger partial charge on any atom is -0.481 e. The Hall–Kier alpha value is -1.30. The lowest BCUT2D eigenvalue weighted by molar-refractivity contribution is -0.137. The molecule has 2 atom stereocenters. The third-order valence-corrected chi connectivity index (χ3v) is 3.20. The summed E-state index contributed by atoms with van der Waals surface area (Å²) in [5, 5.41) is 11.5. The molecule has 6 heteroatoms. The fraction of sp³-hybridized carbons (Fsp3) is 0.833. The van der Waals surface area contributed by atoms with Crippen molar-refractivity contribution in [2.75, 3.05) is 19.8 Å². The van der Waals surface area contributed by atoms with Crippen LogP contribution in [0.4, 0.5) is 4.79 Å². The van der Waals surface area contributed by atoms with Crippen molar-refractivity contribution in [2.45, 2.75) is 45.2 Å². The molecule has 18 heavy (non-hydrogen) atoms. The number of morpholine rings is 1. The first-order chi connectivity index (χ1) is 8.58. The van der Waals surface area contributed by atoms with Gasteiger partial charge < -0.3 is 20.1 Å². The largest absolute Gasteiger partial charge is 0.481 e. The molecule has 1 fully saturated rings. The van der Waals surface area contributed by atoms with E-state index in [4.69, 9.17) is 9.84 Å². The highest BCUT2D eigenvalue weighted by atomic mass is 16.5. The highest BCUT2D eigenvalue weighted by molar-refractivity contribution is 5.76. The molecule has 1 saturated heterocycles. The highest BCUT2D eigenvalue weighted by Gasteiger charge is 2.27. The van der Waals surface area contributed by atoms with Gasteiger partial charge in [0.2, 0.25) is 0 Å². The van der Waals surface area contributed by atoms with E-state index in [1.807, 2.05) is 13.8 Å². The van der Waals surface area contributed by atoms with Crippen molar-refractivity contribution < 1.29 is 19.4 Å². The number of nitrogens with one attached hydrogen (secondary N) is 1. The van der Waals surface area contributed by atoms with E-state index in [1.165, 1.54) is 0 Å². The van der Waals surface area contributed by atoms with E-state index in [1.54, 1.807) is 4.90 Å². The van der Waals surface area contributed by atoms with Crippen LogP contribution < -0.4 is 5.32 Å². The second-order valence-corrected chi connectivity index (χ2v) is 4.48. The molecule has 2 unspecified atom stereocenters. The van der Waals surface area contributed by atoms with Gasteiger partial charge in [0.05, 0.1) is 25.7 Å². The normalized spacial score (nSPS) is 21.4. The smallest absolute Gasteiger partial charge is 0.318 e. The third kappa shape index (κ3) is 4.18. The van der Waals surface area contributed by atoms with Crippen LogP contribution in [-0.2, 0) is 9.53 Å². The first-order valence-electron chi connectivity index (χ1n) is 6.45. The number of rotatable bonds is 5. The molecule has 0 saturated carbocycles. The van der Waals surface area contributed by atoms with Crippen molar-refractivity contribution in [2.24, 2.45) is 0 Å². The lowest BCUT2D eigenvalue weighted by Gasteiger charge is -2.35. The number of carboxylic acid groups (broad SMARTS) is 1. The second kappa shape index (κ2) is 7.20. The maximum absolute atomic E-state index is 12.1. The van der Waals surface area contributed by atoms with Gasteiger partial charge in [0.15, 0.2) is 0 Å². The SMILES string of the molecule is CCC(CC(=O)O)NC(=O)N1CCOCC1CC. The summed E-state index contributed by atoms with van der Waals surface area (Å²) in [4.78, 5) is 24.5. The monoisotopic (exact) mass is 258 g/mol. The summed E-state index contributed by atoms with van der Waals surface area (Å²) in [6.45, 7) is 5.53. The van der Waals surface area contributed by atoms with Crippen molar-refractivity contribution in [3.63, 3.8) is 0 Å². The third-order valence-electron chi connectivity index (χ3n) is 3.20. The number of carbonyl (C=O) groups excluding carboxylic acids is 1. The van der Waals surface area contributed by atoms with Gasteiger partial charge in [0, 0.05) is 12.6 Å². The molecule has 0 spiro atoms. The van der Waals surface area contributed by atoms with Gasteiger partial charge in [-0.25, -0.2) is 4.79 Å². The minimum atomic E-state index is -0.892. The predicted octanol–water partition coefficient (Wildman–Crippen LogP) is 1.06. The van der Waals surface area contributed by atoms with Gasteiger partial charge in [-0.1, -0.05) is 13.8 Å². The molecule has 2 amide bonds. The lowest BCUT2D eigenvalue weighted by atomic mass is 10.1. The zero-order chi connectivity index (χ0) is 13.5. The first kappa shape index (κ1) is 14.8. The Labute approximate surface area is 107 Å². The van der Waals surface area contributed by atoms with Crippen LogP contribution in [0, 0.1) is 0 Å². The molecular formula is C12H22N2O4. The summed E-state index contributed by atoms with van der Waals surface area (Å²) in [5.41, 5.74) is 0. The van der Waals surface area contributed by atoms with Gasteiger partial charge in [-0.3, -0.25) is 4.79 Å². The molecule has 104 valence electrons. The van der Waals surface area contributed by atoms with E-state index in [0.29, 0.717) is 26.2 Å². The number of hydrogen-bond donors (Lipinski definition) is 2. The molecule has 0 aromatic rings. The number of hydrogen-bond acceptors (Lipinski definition) is 3. The van der Waals surface area contributed by atoms with Crippen LogP contribution in [0.5, 0.6) is 0 Å². The summed E-state index contributed by atoms with van der Waals surface area (Å²) >= 11 is 0. The molecule has 1 aliphatic rings. The van der Waals surface area contributed by atoms with Crippen molar-refractivity contribution in [1.29, 1.82) is 0 Å². The van der Waals surface area contributed by atoms with Gasteiger partial charge in [-0.15, -0.1) is 0 Å². The van der Waals surface area contributed by atoms with E-state index in [0.717, 1.165) is 6.42 Å². The second-order valence-electron chi connectivity index (χ2n) is 4.48. The number of ether oxygens (including phenoxy) is 1. The molecule has 1 rings (SSSR count). The van der Waals surface area contributed by atoms with Gasteiger partial charge in [-0.05, 0) is 12.8 Å². The van der Waals surface area contributed by atoms with Crippen LogP contribution in [0.3, 0.4) is 0 Å². The Bertz CT molecular complexity index is 296. The molecular weight excluding hydrogens is 236 g/mol. The van der Waals surface area contributed by atoms with E-state index in [9.17, 15) is 9.59 Å². The summed E-state index contributed by atoms with van der Waals surface area (Å²) in [6, 6.07) is -0.408. The van der Waals surface area contributed by atoms with E-state index in [-0.39, 0.29) is 24.5 Å². The van der Waals surface area contributed by atoms with Gasteiger partial charge in [-0.2, -0.15) is 0 Å². The standard InChI is InChI=1S/C12H22N2O4/c1-3-9(7-11(15)16)13-12(17)14-5-6-18-8-10(14)4-2/h9-10H,3-8H2,1-2H3,(H,13,17)(H,15,16). The number of urea groups is 1. The zero-order valence-corrected chi connectivity index (χ0v) is 11.0. The fourth-order valence-electron chi connectivity index (χ4n) is 2.03. The summed E-state index contributed by atoms with van der Waals surface area (Å²) < 4.78 is 5.33. The zero-order valence-electron chi connectivity index (χ0n) is 11.0. The first-order valence-corrected chi connectivity index (χ1v) is 6.45. The Morgan fingerprint density at radius 1 is 1.50 bits per heavy atom. The molecule has 0 aromatic heterocycles. The molecule has 1 heterocycles. The van der Waals surface area contributed by atoms with Crippen molar-refractivity contribution in [3.05, 3.63) is 0 Å². The average Bonchev–Trinajstić information content (AvgIpc) is 2.37. The van der Waals surface area contributed by atoms with Gasteiger partial charge in [0.25, 0.3) is 0 Å². The minimum absolute atomic E-state index is 0.0383. The lowest BCUT2D eigenvalue weighted by Crippen LogP contribution is -2.54. The molecule has 2 N–H and O–H groups in total. The van der Waals surface area contributed by atoms with Gasteiger partial charge >= 0.3 is 12.0 Å². The summed E-state index contributed by atoms with van der Waals surface area (Å²) in [7, 11) is 0. The molecule has 0 bridgehead atoms. The van der Waals surface area contributed by atoms with Crippen LogP contribution in [0.2, 0.25) is 0 Å². The fourth-order valence-corrected chi connectivity index (χ4v) is 2.03. The van der Waals surface area contributed by atoms with Crippen LogP contribution in [0.15, 0.2) is 0 Å². The number of aliphatic carboxylic acids is 1. The van der Waals surface area contributed by atoms with E-state index < -0.39 is 5.97 Å². The maximum Gasteiger partial charge on any atom is 0.318 e. The number of carbonyl (C=O) groups is 2. The Morgan fingerprint density at radius 2 is 2.22 bits per heavy atom. The van der Waals surface area contributed by atoms with Crippen LogP contribution in [-0.4, -0.2) is 53.8 Å². The molecule has 0 aliphatic carbocycles. The Kier molecular flexibility index (Phi) is 5.91. The Balaban J connectivity index is 2.53. The van der Waals surface area contributed by atoms with E-state index >= 15 is 0 Å². The van der Waals surface area contributed by atoms with Crippen LogP contribution in [0.1, 0.15) is 33.1 Å². The Morgan fingerprint density at radius 3 is 2.78 bits per heavy atom. The van der Waals surface area contributed by atoms with Crippen molar-refractivity contribution in [1.82, 2.24) is 10.2 Å². The maximum atomic E-state index is 12.1. The molecule has 0 aromatic carbocycles. The summed E-state index contributed by atoms with van der Waals surface area (Å²) in [6.07, 6.45) is 1.41. The summed E-state index contributed by atoms with van der Waals surface area (Å²) in [5.74, 6) is -0.892. The van der Waals surface area contributed by atoms with E-state index in [2.05, 4.69) is 5.32 Å². The highest BCUT2D eigenvalue weighted by Crippen LogP contribution is 2.11. The van der Waals surface area contributed by atoms with Crippen molar-refractivity contribution in [3.8, 4) is 0 Å². The number of nitrogens with zero attached hydrogens (tertiary/aromatic N) is 1. The molecule has 6 nitrogen and oxygen atoms in total.